The molecule has 16 heavy (non-hydrogen) atoms. The molecule has 4 nitrogen and oxygen atoms in total. The number of carbonyl (C=O) groups is 1. The lowest BCUT2D eigenvalue weighted by Gasteiger charge is -2.33. The Balaban J connectivity index is 2.55. The Labute approximate surface area is 97.2 Å². The van der Waals surface area contributed by atoms with Gasteiger partial charge in [0.25, 0.3) is 0 Å². The number of nitrogens with zero attached hydrogens (tertiary/aromatic N) is 2. The highest BCUT2D eigenvalue weighted by Gasteiger charge is 2.28. The first-order valence-electron chi connectivity index (χ1n) is 5.94. The first-order valence-corrected chi connectivity index (χ1v) is 5.94. The van der Waals surface area contributed by atoms with Crippen molar-refractivity contribution >= 4 is 5.91 Å². The van der Waals surface area contributed by atoms with E-state index in [1.807, 2.05) is 6.92 Å². The van der Waals surface area contributed by atoms with Crippen LogP contribution in [0, 0.1) is 17.2 Å². The molecule has 0 spiro atoms. The van der Waals surface area contributed by atoms with Crippen molar-refractivity contribution in [1.82, 2.24) is 4.90 Å². The van der Waals surface area contributed by atoms with Gasteiger partial charge in [-0.2, -0.15) is 5.26 Å². The van der Waals surface area contributed by atoms with Gasteiger partial charge in [0.2, 0.25) is 5.91 Å². The summed E-state index contributed by atoms with van der Waals surface area (Å²) in [6.07, 6.45) is 3.63. The number of likely N-dealkylation sites (tertiary alicyclic amines) is 1. The van der Waals surface area contributed by atoms with Gasteiger partial charge in [0.15, 0.2) is 0 Å². The first kappa shape index (κ1) is 13.0. The molecule has 1 saturated heterocycles. The number of piperidine rings is 1. The van der Waals surface area contributed by atoms with Gasteiger partial charge < -0.3 is 9.64 Å². The van der Waals surface area contributed by atoms with Crippen LogP contribution in [-0.2, 0) is 9.53 Å². The highest BCUT2D eigenvalue weighted by Crippen LogP contribution is 2.17. The zero-order chi connectivity index (χ0) is 12.0. The van der Waals surface area contributed by atoms with Gasteiger partial charge in [-0.3, -0.25) is 4.79 Å². The number of nitriles is 1. The second kappa shape index (κ2) is 6.49. The maximum absolute atomic E-state index is 12.0. The third-order valence-electron chi connectivity index (χ3n) is 3.05. The second-order valence-corrected chi connectivity index (χ2v) is 4.25. The van der Waals surface area contributed by atoms with E-state index in [1.165, 1.54) is 0 Å². The summed E-state index contributed by atoms with van der Waals surface area (Å²) in [5.41, 5.74) is 0. The molecule has 0 aromatic carbocycles. The van der Waals surface area contributed by atoms with E-state index in [2.05, 4.69) is 6.07 Å². The number of methoxy groups -OCH3 is 1. The Hall–Kier alpha value is -1.08. The molecule has 0 aliphatic carbocycles. The molecule has 1 aliphatic rings. The zero-order valence-electron chi connectivity index (χ0n) is 10.1. The lowest BCUT2D eigenvalue weighted by molar-refractivity contribution is -0.137. The van der Waals surface area contributed by atoms with Crippen LogP contribution >= 0.6 is 0 Å². The summed E-state index contributed by atoms with van der Waals surface area (Å²) in [5.74, 6) is -0.494. The second-order valence-electron chi connectivity index (χ2n) is 4.25. The van der Waals surface area contributed by atoms with E-state index in [1.54, 1.807) is 12.0 Å². The summed E-state index contributed by atoms with van der Waals surface area (Å²) < 4.78 is 5.27. The number of hydrogen-bond acceptors (Lipinski definition) is 3. The molecule has 0 bridgehead atoms. The van der Waals surface area contributed by atoms with Crippen molar-refractivity contribution in [2.24, 2.45) is 5.92 Å². The summed E-state index contributed by atoms with van der Waals surface area (Å²) in [6, 6.07) is 2.10. The van der Waals surface area contributed by atoms with Crippen LogP contribution in [0.3, 0.4) is 0 Å². The normalized spacial score (nSPS) is 22.6. The Morgan fingerprint density at radius 3 is 3.00 bits per heavy atom. The smallest absolute Gasteiger partial charge is 0.240 e. The van der Waals surface area contributed by atoms with Crippen molar-refractivity contribution in [3.8, 4) is 6.07 Å². The zero-order valence-corrected chi connectivity index (χ0v) is 10.1. The Morgan fingerprint density at radius 1 is 1.69 bits per heavy atom. The van der Waals surface area contributed by atoms with Crippen LogP contribution in [0.5, 0.6) is 0 Å². The number of hydrogen-bond donors (Lipinski definition) is 0. The third kappa shape index (κ3) is 3.21. The van der Waals surface area contributed by atoms with Gasteiger partial charge in [0.05, 0.1) is 12.2 Å². The summed E-state index contributed by atoms with van der Waals surface area (Å²) in [7, 11) is 1.67. The fourth-order valence-electron chi connectivity index (χ4n) is 2.08. The Kier molecular flexibility index (Phi) is 5.27. The molecule has 0 aromatic rings. The fourth-order valence-corrected chi connectivity index (χ4v) is 2.08. The summed E-state index contributed by atoms with van der Waals surface area (Å²) in [5, 5.41) is 8.95. The maximum atomic E-state index is 12.0. The Morgan fingerprint density at radius 2 is 2.44 bits per heavy atom. The summed E-state index contributed by atoms with van der Waals surface area (Å²) in [4.78, 5) is 13.8. The molecule has 4 heteroatoms. The van der Waals surface area contributed by atoms with Gasteiger partial charge in [-0.1, -0.05) is 13.3 Å². The predicted octanol–water partition coefficient (Wildman–Crippen LogP) is 1.56. The number of amides is 1. The van der Waals surface area contributed by atoms with E-state index < -0.39 is 5.92 Å². The molecular formula is C12H20N2O2. The van der Waals surface area contributed by atoms with Crippen LogP contribution in [0.2, 0.25) is 0 Å². The molecule has 90 valence electrons. The number of rotatable bonds is 4. The largest absolute Gasteiger partial charge is 0.380 e. The summed E-state index contributed by atoms with van der Waals surface area (Å²) >= 11 is 0. The quantitative estimate of drug-likeness (QED) is 0.728. The van der Waals surface area contributed by atoms with Crippen LogP contribution in [0.1, 0.15) is 32.6 Å². The van der Waals surface area contributed by atoms with Gasteiger partial charge in [-0.05, 0) is 19.3 Å². The molecule has 2 atom stereocenters. The van der Waals surface area contributed by atoms with Crippen LogP contribution in [0.25, 0.3) is 0 Å². The standard InChI is InChI=1S/C12H20N2O2/c1-3-5-10(8-13)12(15)14-7-4-6-11(9-14)16-2/h10-11H,3-7,9H2,1-2H3. The van der Waals surface area contributed by atoms with Gasteiger partial charge in [0, 0.05) is 20.2 Å². The van der Waals surface area contributed by atoms with Crippen LogP contribution in [-0.4, -0.2) is 37.1 Å². The van der Waals surface area contributed by atoms with Gasteiger partial charge in [0.1, 0.15) is 5.92 Å². The van der Waals surface area contributed by atoms with Crippen molar-refractivity contribution in [2.45, 2.75) is 38.7 Å². The highest BCUT2D eigenvalue weighted by molar-refractivity contribution is 5.81. The SMILES string of the molecule is CCCC(C#N)C(=O)N1CCCC(OC)C1. The minimum Gasteiger partial charge on any atom is -0.380 e. The van der Waals surface area contributed by atoms with Gasteiger partial charge in [-0.25, -0.2) is 0 Å². The van der Waals surface area contributed by atoms with Crippen molar-refractivity contribution in [3.05, 3.63) is 0 Å². The van der Waals surface area contributed by atoms with Gasteiger partial charge in [-0.15, -0.1) is 0 Å². The molecule has 1 aliphatic heterocycles. The molecule has 1 amide bonds. The molecule has 0 radical (unpaired) electrons. The van der Waals surface area contributed by atoms with E-state index in [0.717, 1.165) is 25.8 Å². The Bertz CT molecular complexity index is 273. The maximum Gasteiger partial charge on any atom is 0.240 e. The topological polar surface area (TPSA) is 53.3 Å². The van der Waals surface area contributed by atoms with Crippen molar-refractivity contribution in [1.29, 1.82) is 5.26 Å². The van der Waals surface area contributed by atoms with E-state index in [0.29, 0.717) is 13.0 Å². The number of carbonyl (C=O) groups excluding carboxylic acids is 1. The molecule has 1 fully saturated rings. The molecular weight excluding hydrogens is 204 g/mol. The van der Waals surface area contributed by atoms with E-state index in [-0.39, 0.29) is 12.0 Å². The first-order chi connectivity index (χ1) is 7.72. The van der Waals surface area contributed by atoms with Crippen LogP contribution in [0.4, 0.5) is 0 Å². The van der Waals surface area contributed by atoms with Crippen LogP contribution < -0.4 is 0 Å². The van der Waals surface area contributed by atoms with Gasteiger partial charge >= 0.3 is 0 Å². The van der Waals surface area contributed by atoms with Crippen LogP contribution in [0.15, 0.2) is 0 Å². The van der Waals surface area contributed by atoms with E-state index >= 15 is 0 Å². The van der Waals surface area contributed by atoms with E-state index in [4.69, 9.17) is 10.00 Å². The number of ether oxygens (including phenoxy) is 1. The third-order valence-corrected chi connectivity index (χ3v) is 3.05. The molecule has 1 rings (SSSR count). The monoisotopic (exact) mass is 224 g/mol. The molecule has 0 aromatic heterocycles. The average Bonchev–Trinajstić information content (AvgIpc) is 2.35. The molecule has 2 unspecified atom stereocenters. The highest BCUT2D eigenvalue weighted by atomic mass is 16.5. The fraction of sp³-hybridized carbons (Fsp3) is 0.833. The minimum atomic E-state index is -0.472. The molecule has 0 N–H and O–H groups in total. The van der Waals surface area contributed by atoms with Crippen molar-refractivity contribution in [2.75, 3.05) is 20.2 Å². The minimum absolute atomic E-state index is 0.0221. The average molecular weight is 224 g/mol. The molecule has 1 heterocycles. The lowest BCUT2D eigenvalue weighted by Crippen LogP contribution is -2.45. The van der Waals surface area contributed by atoms with E-state index in [9.17, 15) is 4.79 Å². The van der Waals surface area contributed by atoms with Crippen molar-refractivity contribution in [3.63, 3.8) is 0 Å². The lowest BCUT2D eigenvalue weighted by atomic mass is 10.0. The molecule has 0 saturated carbocycles. The summed E-state index contributed by atoms with van der Waals surface area (Å²) in [6.45, 7) is 3.39. The predicted molar refractivity (Wildman–Crippen MR) is 60.6 cm³/mol. The van der Waals surface area contributed by atoms with Crippen molar-refractivity contribution < 1.29 is 9.53 Å².